The van der Waals surface area contributed by atoms with E-state index in [0.717, 1.165) is 18.6 Å². The highest BCUT2D eigenvalue weighted by Gasteiger charge is 2.31. The molecule has 15 heavy (non-hydrogen) atoms. The first kappa shape index (κ1) is 12.3. The lowest BCUT2D eigenvalue weighted by Gasteiger charge is -2.34. The molecule has 3 nitrogen and oxygen atoms in total. The van der Waals surface area contributed by atoms with Crippen LogP contribution in [0, 0.1) is 5.41 Å². The Bertz CT molecular complexity index is 271. The number of aliphatic hydroxyl groups is 1. The van der Waals surface area contributed by atoms with Gasteiger partial charge in [0.15, 0.2) is 0 Å². The molecule has 0 fully saturated rings. The summed E-state index contributed by atoms with van der Waals surface area (Å²) in [5.41, 5.74) is 6.02. The Morgan fingerprint density at radius 3 is 2.80 bits per heavy atom. The molecule has 0 spiro atoms. The maximum absolute atomic E-state index is 9.09. The van der Waals surface area contributed by atoms with Gasteiger partial charge in [-0.15, -0.1) is 0 Å². The third-order valence-corrected chi connectivity index (χ3v) is 3.18. The second-order valence-electron chi connectivity index (χ2n) is 4.40. The molecular weight excluding hydrogens is 190 g/mol. The van der Waals surface area contributed by atoms with Crippen molar-refractivity contribution in [3.63, 3.8) is 0 Å². The van der Waals surface area contributed by atoms with Gasteiger partial charge in [0.05, 0.1) is 6.26 Å². The van der Waals surface area contributed by atoms with Crippen LogP contribution < -0.4 is 5.73 Å². The van der Waals surface area contributed by atoms with Gasteiger partial charge in [-0.05, 0) is 30.4 Å². The first-order valence-corrected chi connectivity index (χ1v) is 5.51. The predicted molar refractivity (Wildman–Crippen MR) is 60.5 cm³/mol. The molecule has 0 aliphatic heterocycles. The summed E-state index contributed by atoms with van der Waals surface area (Å²) in [4.78, 5) is 0. The number of rotatable bonds is 6. The van der Waals surface area contributed by atoms with Crippen LogP contribution in [0.5, 0.6) is 0 Å². The molecule has 86 valence electrons. The highest BCUT2D eigenvalue weighted by atomic mass is 16.3. The van der Waals surface area contributed by atoms with Crippen LogP contribution >= 0.6 is 0 Å². The SMILES string of the molecule is CCC(N)C(C)(CCO)Cc1ccco1. The number of furan rings is 1. The van der Waals surface area contributed by atoms with E-state index in [2.05, 4.69) is 13.8 Å². The highest BCUT2D eigenvalue weighted by Crippen LogP contribution is 2.31. The molecule has 0 saturated carbocycles. The molecule has 0 amide bonds. The molecule has 0 aliphatic carbocycles. The first-order chi connectivity index (χ1) is 7.12. The number of aliphatic hydroxyl groups excluding tert-OH is 1. The zero-order chi connectivity index (χ0) is 11.3. The Morgan fingerprint density at radius 2 is 2.33 bits per heavy atom. The van der Waals surface area contributed by atoms with Crippen LogP contribution in [0.2, 0.25) is 0 Å². The molecule has 0 aliphatic rings. The monoisotopic (exact) mass is 211 g/mol. The third kappa shape index (κ3) is 3.08. The summed E-state index contributed by atoms with van der Waals surface area (Å²) in [7, 11) is 0. The zero-order valence-electron chi connectivity index (χ0n) is 9.57. The molecule has 1 aromatic rings. The van der Waals surface area contributed by atoms with Crippen LogP contribution in [0.1, 0.15) is 32.4 Å². The molecule has 1 rings (SSSR count). The smallest absolute Gasteiger partial charge is 0.104 e. The predicted octanol–water partition coefficient (Wildman–Crippen LogP) is 1.95. The van der Waals surface area contributed by atoms with Crippen molar-refractivity contribution in [1.82, 2.24) is 0 Å². The van der Waals surface area contributed by atoms with Crippen molar-refractivity contribution in [3.05, 3.63) is 24.2 Å². The summed E-state index contributed by atoms with van der Waals surface area (Å²) in [6, 6.07) is 3.93. The standard InChI is InChI=1S/C12H21NO2/c1-3-11(13)12(2,6-7-14)9-10-5-4-8-15-10/h4-5,8,11,14H,3,6-7,9,13H2,1-2H3. The third-order valence-electron chi connectivity index (χ3n) is 3.18. The fourth-order valence-corrected chi connectivity index (χ4v) is 1.96. The second kappa shape index (κ2) is 5.33. The lowest BCUT2D eigenvalue weighted by molar-refractivity contribution is 0.155. The minimum Gasteiger partial charge on any atom is -0.469 e. The Balaban J connectivity index is 2.72. The van der Waals surface area contributed by atoms with E-state index in [1.165, 1.54) is 0 Å². The summed E-state index contributed by atoms with van der Waals surface area (Å²) < 4.78 is 5.33. The van der Waals surface area contributed by atoms with Crippen LogP contribution in [0.25, 0.3) is 0 Å². The Morgan fingerprint density at radius 1 is 1.60 bits per heavy atom. The molecule has 0 aromatic carbocycles. The summed E-state index contributed by atoms with van der Waals surface area (Å²) in [5, 5.41) is 9.09. The Kier molecular flexibility index (Phi) is 4.36. The van der Waals surface area contributed by atoms with Crippen molar-refractivity contribution in [2.75, 3.05) is 6.61 Å². The fraction of sp³-hybridized carbons (Fsp3) is 0.667. The average molecular weight is 211 g/mol. The molecule has 1 heterocycles. The summed E-state index contributed by atoms with van der Waals surface area (Å²) in [6.45, 7) is 4.35. The van der Waals surface area contributed by atoms with Gasteiger partial charge in [-0.3, -0.25) is 0 Å². The molecule has 1 aromatic heterocycles. The van der Waals surface area contributed by atoms with E-state index in [1.807, 2.05) is 12.1 Å². The molecule has 0 saturated heterocycles. The van der Waals surface area contributed by atoms with E-state index < -0.39 is 0 Å². The summed E-state index contributed by atoms with van der Waals surface area (Å²) >= 11 is 0. The lowest BCUT2D eigenvalue weighted by atomic mass is 9.75. The van der Waals surface area contributed by atoms with Crippen LogP contribution in [-0.4, -0.2) is 17.8 Å². The van der Waals surface area contributed by atoms with E-state index in [-0.39, 0.29) is 18.1 Å². The molecule has 0 bridgehead atoms. The molecule has 2 atom stereocenters. The first-order valence-electron chi connectivity index (χ1n) is 5.51. The molecule has 3 N–H and O–H groups in total. The molecule has 2 unspecified atom stereocenters. The van der Waals surface area contributed by atoms with Crippen LogP contribution in [0.15, 0.2) is 22.8 Å². The minimum absolute atomic E-state index is 0.0820. The molecule has 0 radical (unpaired) electrons. The lowest BCUT2D eigenvalue weighted by Crippen LogP contribution is -2.41. The topological polar surface area (TPSA) is 59.4 Å². The van der Waals surface area contributed by atoms with E-state index >= 15 is 0 Å². The highest BCUT2D eigenvalue weighted by molar-refractivity contribution is 5.03. The largest absolute Gasteiger partial charge is 0.469 e. The van der Waals surface area contributed by atoms with Gasteiger partial charge >= 0.3 is 0 Å². The van der Waals surface area contributed by atoms with Crippen molar-refractivity contribution >= 4 is 0 Å². The van der Waals surface area contributed by atoms with E-state index in [0.29, 0.717) is 6.42 Å². The quantitative estimate of drug-likeness (QED) is 0.756. The van der Waals surface area contributed by atoms with Crippen molar-refractivity contribution in [2.24, 2.45) is 11.1 Å². The van der Waals surface area contributed by atoms with Gasteiger partial charge < -0.3 is 15.3 Å². The minimum atomic E-state index is -0.0820. The Hall–Kier alpha value is -0.800. The van der Waals surface area contributed by atoms with Gasteiger partial charge in [-0.1, -0.05) is 13.8 Å². The number of hydrogen-bond donors (Lipinski definition) is 2. The van der Waals surface area contributed by atoms with Gasteiger partial charge in [0.1, 0.15) is 5.76 Å². The normalized spacial score (nSPS) is 17.3. The van der Waals surface area contributed by atoms with Gasteiger partial charge in [0, 0.05) is 19.1 Å². The van der Waals surface area contributed by atoms with Gasteiger partial charge in [0.2, 0.25) is 0 Å². The average Bonchev–Trinajstić information content (AvgIpc) is 2.69. The van der Waals surface area contributed by atoms with Gasteiger partial charge in [0.25, 0.3) is 0 Å². The van der Waals surface area contributed by atoms with Crippen molar-refractivity contribution < 1.29 is 9.52 Å². The van der Waals surface area contributed by atoms with E-state index in [4.69, 9.17) is 15.3 Å². The van der Waals surface area contributed by atoms with Crippen LogP contribution in [0.3, 0.4) is 0 Å². The molecule has 3 heteroatoms. The van der Waals surface area contributed by atoms with Crippen molar-refractivity contribution in [1.29, 1.82) is 0 Å². The maximum Gasteiger partial charge on any atom is 0.104 e. The second-order valence-corrected chi connectivity index (χ2v) is 4.40. The fourth-order valence-electron chi connectivity index (χ4n) is 1.96. The maximum atomic E-state index is 9.09. The summed E-state index contributed by atoms with van der Waals surface area (Å²) in [6.07, 6.45) is 4.08. The van der Waals surface area contributed by atoms with Gasteiger partial charge in [-0.2, -0.15) is 0 Å². The van der Waals surface area contributed by atoms with E-state index in [1.54, 1.807) is 6.26 Å². The van der Waals surface area contributed by atoms with Crippen LogP contribution in [0.4, 0.5) is 0 Å². The summed E-state index contributed by atoms with van der Waals surface area (Å²) in [5.74, 6) is 0.940. The zero-order valence-corrected chi connectivity index (χ0v) is 9.57. The van der Waals surface area contributed by atoms with Gasteiger partial charge in [-0.25, -0.2) is 0 Å². The number of hydrogen-bond acceptors (Lipinski definition) is 3. The van der Waals surface area contributed by atoms with E-state index in [9.17, 15) is 0 Å². The molecular formula is C12H21NO2. The number of nitrogens with two attached hydrogens (primary N) is 1. The van der Waals surface area contributed by atoms with Crippen molar-refractivity contribution in [2.45, 2.75) is 39.2 Å². The van der Waals surface area contributed by atoms with Crippen molar-refractivity contribution in [3.8, 4) is 0 Å². The Labute approximate surface area is 91.3 Å². The van der Waals surface area contributed by atoms with Crippen LogP contribution in [-0.2, 0) is 6.42 Å².